The first-order valence-electron chi connectivity index (χ1n) is 8.21. The Morgan fingerprint density at radius 1 is 1.08 bits per heavy atom. The molecule has 0 fully saturated rings. The number of hydrogen-bond acceptors (Lipinski definition) is 2. The minimum atomic E-state index is -0.439. The Kier molecular flexibility index (Phi) is 3.97. The largest absolute Gasteiger partial charge is 0.322 e. The molecule has 128 valence electrons. The van der Waals surface area contributed by atoms with Gasteiger partial charge >= 0.3 is 0 Å². The SMILES string of the molecule is Cc1ccn2cc(-c3cccc(NC(=O)c4cccc(F)c4)c3)nc2c1. The number of anilines is 1. The molecule has 0 aliphatic carbocycles. The minimum absolute atomic E-state index is 0.276. The van der Waals surface area contributed by atoms with E-state index in [2.05, 4.69) is 10.3 Å². The maximum Gasteiger partial charge on any atom is 0.255 e. The van der Waals surface area contributed by atoms with E-state index in [-0.39, 0.29) is 11.5 Å². The van der Waals surface area contributed by atoms with Crippen LogP contribution in [-0.2, 0) is 0 Å². The molecule has 0 bridgehead atoms. The van der Waals surface area contributed by atoms with Crippen LogP contribution in [0.5, 0.6) is 0 Å². The van der Waals surface area contributed by atoms with Crippen LogP contribution in [0.2, 0.25) is 0 Å². The number of fused-ring (bicyclic) bond motifs is 1. The number of carbonyl (C=O) groups is 1. The topological polar surface area (TPSA) is 46.4 Å². The highest BCUT2D eigenvalue weighted by molar-refractivity contribution is 6.04. The maximum absolute atomic E-state index is 13.3. The molecule has 0 spiro atoms. The fourth-order valence-electron chi connectivity index (χ4n) is 2.81. The van der Waals surface area contributed by atoms with Gasteiger partial charge in [0, 0.05) is 29.2 Å². The lowest BCUT2D eigenvalue weighted by molar-refractivity contribution is 0.102. The highest BCUT2D eigenvalue weighted by Gasteiger charge is 2.09. The van der Waals surface area contributed by atoms with Crippen LogP contribution in [0.25, 0.3) is 16.9 Å². The second-order valence-corrected chi connectivity index (χ2v) is 6.14. The number of aromatic nitrogens is 2. The molecule has 2 aromatic heterocycles. The van der Waals surface area contributed by atoms with Gasteiger partial charge in [0.15, 0.2) is 0 Å². The number of halogens is 1. The van der Waals surface area contributed by atoms with Crippen LogP contribution in [0.3, 0.4) is 0 Å². The van der Waals surface area contributed by atoms with E-state index in [0.29, 0.717) is 5.69 Å². The quantitative estimate of drug-likeness (QED) is 0.585. The summed E-state index contributed by atoms with van der Waals surface area (Å²) in [6.07, 6.45) is 3.92. The van der Waals surface area contributed by atoms with E-state index < -0.39 is 5.82 Å². The molecule has 0 aliphatic rings. The standard InChI is InChI=1S/C21H16FN3O/c1-14-8-9-25-13-19(24-20(25)10-14)15-4-3-7-18(12-15)23-21(26)16-5-2-6-17(22)11-16/h2-13H,1H3,(H,23,26). The minimum Gasteiger partial charge on any atom is -0.322 e. The number of benzene rings is 2. The smallest absolute Gasteiger partial charge is 0.255 e. The van der Waals surface area contributed by atoms with Crippen LogP contribution in [0.4, 0.5) is 10.1 Å². The molecule has 0 saturated heterocycles. The first-order chi connectivity index (χ1) is 12.6. The predicted molar refractivity (Wildman–Crippen MR) is 99.7 cm³/mol. The summed E-state index contributed by atoms with van der Waals surface area (Å²) in [7, 11) is 0. The molecular formula is C21H16FN3O. The number of carbonyl (C=O) groups excluding carboxylic acids is 1. The fourth-order valence-corrected chi connectivity index (χ4v) is 2.81. The van der Waals surface area contributed by atoms with Crippen LogP contribution in [0, 0.1) is 12.7 Å². The van der Waals surface area contributed by atoms with Gasteiger partial charge in [0.2, 0.25) is 0 Å². The Bertz CT molecular complexity index is 1120. The van der Waals surface area contributed by atoms with Crippen molar-refractivity contribution in [3.63, 3.8) is 0 Å². The van der Waals surface area contributed by atoms with Crippen LogP contribution < -0.4 is 5.32 Å². The van der Waals surface area contributed by atoms with Crippen molar-refractivity contribution in [1.29, 1.82) is 0 Å². The Hall–Kier alpha value is -3.47. The Balaban J connectivity index is 1.62. The van der Waals surface area contributed by atoms with Crippen molar-refractivity contribution in [3.05, 3.63) is 90.0 Å². The first-order valence-corrected chi connectivity index (χ1v) is 8.21. The summed E-state index contributed by atoms with van der Waals surface area (Å²) in [4.78, 5) is 16.9. The summed E-state index contributed by atoms with van der Waals surface area (Å²) in [5.74, 6) is -0.793. The molecule has 1 amide bonds. The Labute approximate surface area is 149 Å². The predicted octanol–water partition coefficient (Wildman–Crippen LogP) is 4.70. The summed E-state index contributed by atoms with van der Waals surface area (Å²) < 4.78 is 15.2. The zero-order chi connectivity index (χ0) is 18.1. The molecule has 2 heterocycles. The number of rotatable bonds is 3. The van der Waals surface area contributed by atoms with Crippen molar-refractivity contribution in [1.82, 2.24) is 9.38 Å². The van der Waals surface area contributed by atoms with Crippen LogP contribution in [0.1, 0.15) is 15.9 Å². The van der Waals surface area contributed by atoms with E-state index in [1.807, 2.05) is 54.0 Å². The van der Waals surface area contributed by atoms with Gasteiger partial charge in [-0.1, -0.05) is 18.2 Å². The van der Waals surface area contributed by atoms with Crippen molar-refractivity contribution < 1.29 is 9.18 Å². The van der Waals surface area contributed by atoms with Gasteiger partial charge in [0.1, 0.15) is 11.5 Å². The Morgan fingerprint density at radius 2 is 1.92 bits per heavy atom. The lowest BCUT2D eigenvalue weighted by Gasteiger charge is -2.06. The third-order valence-corrected chi connectivity index (χ3v) is 4.12. The molecule has 0 unspecified atom stereocenters. The van der Waals surface area contributed by atoms with Gasteiger partial charge in [0.25, 0.3) is 5.91 Å². The van der Waals surface area contributed by atoms with E-state index in [0.717, 1.165) is 22.5 Å². The van der Waals surface area contributed by atoms with Gasteiger partial charge in [-0.3, -0.25) is 4.79 Å². The second kappa shape index (κ2) is 6.44. The van der Waals surface area contributed by atoms with E-state index in [4.69, 9.17) is 0 Å². The number of imidazole rings is 1. The second-order valence-electron chi connectivity index (χ2n) is 6.14. The van der Waals surface area contributed by atoms with Crippen molar-refractivity contribution in [2.75, 3.05) is 5.32 Å². The maximum atomic E-state index is 13.3. The monoisotopic (exact) mass is 345 g/mol. The zero-order valence-electron chi connectivity index (χ0n) is 14.1. The summed E-state index contributed by atoms with van der Waals surface area (Å²) in [6.45, 7) is 2.02. The van der Waals surface area contributed by atoms with Gasteiger partial charge in [0.05, 0.1) is 5.69 Å². The van der Waals surface area contributed by atoms with Crippen LogP contribution in [0.15, 0.2) is 73.1 Å². The molecule has 0 aliphatic heterocycles. The average Bonchev–Trinajstić information content (AvgIpc) is 3.05. The number of amides is 1. The Morgan fingerprint density at radius 3 is 2.77 bits per heavy atom. The van der Waals surface area contributed by atoms with Gasteiger partial charge in [-0.05, 0) is 55.0 Å². The fraction of sp³-hybridized carbons (Fsp3) is 0.0476. The molecule has 4 rings (SSSR count). The first kappa shape index (κ1) is 16.0. The van der Waals surface area contributed by atoms with Crippen molar-refractivity contribution in [2.45, 2.75) is 6.92 Å². The molecule has 5 heteroatoms. The molecular weight excluding hydrogens is 329 g/mol. The molecule has 0 saturated carbocycles. The number of nitrogens with one attached hydrogen (secondary N) is 1. The molecule has 4 nitrogen and oxygen atoms in total. The third kappa shape index (κ3) is 3.19. The molecule has 0 atom stereocenters. The lowest BCUT2D eigenvalue weighted by atomic mass is 10.1. The van der Waals surface area contributed by atoms with E-state index in [1.54, 1.807) is 12.1 Å². The van der Waals surface area contributed by atoms with Crippen molar-refractivity contribution in [3.8, 4) is 11.3 Å². The zero-order valence-corrected chi connectivity index (χ0v) is 14.1. The summed E-state index contributed by atoms with van der Waals surface area (Å²) >= 11 is 0. The molecule has 4 aromatic rings. The molecule has 0 radical (unpaired) electrons. The van der Waals surface area contributed by atoms with Crippen molar-refractivity contribution in [2.24, 2.45) is 0 Å². The number of pyridine rings is 1. The number of nitrogens with zero attached hydrogens (tertiary/aromatic N) is 2. The van der Waals surface area contributed by atoms with Gasteiger partial charge in [-0.15, -0.1) is 0 Å². The normalized spacial score (nSPS) is 10.8. The van der Waals surface area contributed by atoms with Crippen LogP contribution in [-0.4, -0.2) is 15.3 Å². The van der Waals surface area contributed by atoms with Crippen LogP contribution >= 0.6 is 0 Å². The summed E-state index contributed by atoms with van der Waals surface area (Å²) in [5, 5.41) is 2.80. The average molecular weight is 345 g/mol. The third-order valence-electron chi connectivity index (χ3n) is 4.12. The van der Waals surface area contributed by atoms with Crippen molar-refractivity contribution >= 4 is 17.2 Å². The molecule has 1 N–H and O–H groups in total. The molecule has 26 heavy (non-hydrogen) atoms. The van der Waals surface area contributed by atoms with E-state index >= 15 is 0 Å². The number of hydrogen-bond donors (Lipinski definition) is 1. The summed E-state index contributed by atoms with van der Waals surface area (Å²) in [5.41, 5.74) is 4.63. The molecule has 2 aromatic carbocycles. The highest BCUT2D eigenvalue weighted by atomic mass is 19.1. The summed E-state index contributed by atoms with van der Waals surface area (Å²) in [6, 6.07) is 17.1. The van der Waals surface area contributed by atoms with E-state index in [1.165, 1.54) is 18.2 Å². The number of aryl methyl sites for hydroxylation is 1. The highest BCUT2D eigenvalue weighted by Crippen LogP contribution is 2.23. The van der Waals surface area contributed by atoms with Gasteiger partial charge in [-0.2, -0.15) is 0 Å². The lowest BCUT2D eigenvalue weighted by Crippen LogP contribution is -2.12. The van der Waals surface area contributed by atoms with E-state index in [9.17, 15) is 9.18 Å². The van der Waals surface area contributed by atoms with Gasteiger partial charge < -0.3 is 9.72 Å². The van der Waals surface area contributed by atoms with Gasteiger partial charge in [-0.25, -0.2) is 9.37 Å².